The minimum absolute atomic E-state index is 0.0249. The number of ether oxygens (including phenoxy) is 1. The van der Waals surface area contributed by atoms with E-state index in [-0.39, 0.29) is 47.3 Å². The summed E-state index contributed by atoms with van der Waals surface area (Å²) in [5, 5.41) is 20.8. The van der Waals surface area contributed by atoms with Crippen molar-refractivity contribution in [1.29, 1.82) is 0 Å². The predicted octanol–water partition coefficient (Wildman–Crippen LogP) is 3.75. The van der Waals surface area contributed by atoms with Gasteiger partial charge < -0.3 is 14.9 Å². The van der Waals surface area contributed by atoms with Gasteiger partial charge in [-0.1, -0.05) is 26.3 Å². The smallest absolute Gasteiger partial charge is 0.155 e. The lowest BCUT2D eigenvalue weighted by atomic mass is 9.43. The van der Waals surface area contributed by atoms with Gasteiger partial charge in [0.25, 0.3) is 0 Å². The van der Waals surface area contributed by atoms with Gasteiger partial charge in [0, 0.05) is 6.42 Å². The fourth-order valence-corrected chi connectivity index (χ4v) is 8.15. The van der Waals surface area contributed by atoms with E-state index < -0.39 is 0 Å². The molecule has 0 saturated heterocycles. The van der Waals surface area contributed by atoms with Crippen molar-refractivity contribution in [2.75, 3.05) is 13.2 Å². The van der Waals surface area contributed by atoms with Gasteiger partial charge >= 0.3 is 0 Å². The quantitative estimate of drug-likeness (QED) is 0.767. The molecular weight excluding hydrogens is 352 g/mol. The van der Waals surface area contributed by atoms with Gasteiger partial charge in [0.1, 0.15) is 0 Å². The van der Waals surface area contributed by atoms with Crippen LogP contribution in [0.5, 0.6) is 0 Å². The lowest BCUT2D eigenvalue weighted by Crippen LogP contribution is -2.61. The molecule has 158 valence electrons. The maximum absolute atomic E-state index is 12.0. The van der Waals surface area contributed by atoms with Crippen molar-refractivity contribution in [2.24, 2.45) is 40.4 Å². The molecule has 4 aliphatic rings. The zero-order chi connectivity index (χ0) is 20.3. The van der Waals surface area contributed by atoms with E-state index >= 15 is 0 Å². The van der Waals surface area contributed by atoms with Gasteiger partial charge in [0.15, 0.2) is 5.78 Å². The average molecular weight is 391 g/mol. The summed E-state index contributed by atoms with van der Waals surface area (Å²) in [5.41, 5.74) is 1.34. The molecule has 3 fully saturated rings. The number of rotatable bonds is 4. The van der Waals surface area contributed by atoms with Crippen LogP contribution in [0.25, 0.3) is 0 Å². The fourth-order valence-electron chi connectivity index (χ4n) is 8.15. The Labute approximate surface area is 169 Å². The van der Waals surface area contributed by atoms with E-state index in [9.17, 15) is 9.90 Å². The van der Waals surface area contributed by atoms with Crippen molar-refractivity contribution < 1.29 is 19.7 Å². The molecule has 0 aromatic heterocycles. The minimum Gasteiger partial charge on any atom is -0.394 e. The maximum Gasteiger partial charge on any atom is 0.155 e. The highest BCUT2D eigenvalue weighted by atomic mass is 16.5. The van der Waals surface area contributed by atoms with Crippen molar-refractivity contribution >= 4 is 5.78 Å². The number of carbonyl (C=O) groups excluding carboxylic acids is 1. The molecule has 9 atom stereocenters. The number of aliphatic hydroxyl groups excluding tert-OH is 2. The summed E-state index contributed by atoms with van der Waals surface area (Å²) in [7, 11) is 0. The van der Waals surface area contributed by atoms with Gasteiger partial charge in [-0.2, -0.15) is 0 Å². The van der Waals surface area contributed by atoms with E-state index in [0.29, 0.717) is 30.8 Å². The van der Waals surface area contributed by atoms with Crippen LogP contribution in [0.1, 0.15) is 66.2 Å². The second kappa shape index (κ2) is 7.21. The highest BCUT2D eigenvalue weighted by Gasteiger charge is 2.65. The van der Waals surface area contributed by atoms with Gasteiger partial charge in [0.05, 0.1) is 25.4 Å². The fraction of sp³-hybridized carbons (Fsp3) is 0.875. The zero-order valence-corrected chi connectivity index (χ0v) is 18.0. The predicted molar refractivity (Wildman–Crippen MR) is 109 cm³/mol. The normalized spacial score (nSPS) is 49.1. The standard InChI is InChI=1S/C24H38O4/c1-14-22(27)21-18(6-5-16-13-17(26)9-10-23(16,21)3)20-8-7-19(24(14,20)4)15(2)28-12-11-25/h13-15,18-22,25,27H,5-12H2,1-4H3/t14-,15-,18+,19-,20+,21-,22-,23+,24-/m1/s1. The van der Waals surface area contributed by atoms with Crippen molar-refractivity contribution in [3.05, 3.63) is 11.6 Å². The third-order valence-corrected chi connectivity index (χ3v) is 9.71. The highest BCUT2D eigenvalue weighted by Crippen LogP contribution is 2.68. The molecule has 0 amide bonds. The highest BCUT2D eigenvalue weighted by molar-refractivity contribution is 5.91. The Morgan fingerprint density at radius 2 is 2.00 bits per heavy atom. The summed E-state index contributed by atoms with van der Waals surface area (Å²) < 4.78 is 5.95. The Morgan fingerprint density at radius 1 is 1.25 bits per heavy atom. The molecule has 0 radical (unpaired) electrons. The molecule has 0 heterocycles. The molecule has 0 spiro atoms. The van der Waals surface area contributed by atoms with Gasteiger partial charge in [-0.15, -0.1) is 0 Å². The Hall–Kier alpha value is -0.710. The molecule has 3 saturated carbocycles. The number of carbonyl (C=O) groups is 1. The minimum atomic E-state index is -0.334. The summed E-state index contributed by atoms with van der Waals surface area (Å²) >= 11 is 0. The first-order valence-corrected chi connectivity index (χ1v) is 11.4. The third-order valence-electron chi connectivity index (χ3n) is 9.71. The van der Waals surface area contributed by atoms with E-state index in [2.05, 4.69) is 27.7 Å². The van der Waals surface area contributed by atoms with E-state index in [1.165, 1.54) is 12.0 Å². The van der Waals surface area contributed by atoms with E-state index in [0.717, 1.165) is 25.7 Å². The largest absolute Gasteiger partial charge is 0.394 e. The van der Waals surface area contributed by atoms with Gasteiger partial charge in [-0.05, 0) is 85.5 Å². The van der Waals surface area contributed by atoms with Crippen LogP contribution in [0.2, 0.25) is 0 Å². The summed E-state index contributed by atoms with van der Waals surface area (Å²) in [6.45, 7) is 9.57. The first-order valence-electron chi connectivity index (χ1n) is 11.4. The maximum atomic E-state index is 12.0. The van der Waals surface area contributed by atoms with Crippen LogP contribution in [-0.2, 0) is 9.53 Å². The molecule has 0 bridgehead atoms. The van der Waals surface area contributed by atoms with Crippen LogP contribution < -0.4 is 0 Å². The first kappa shape index (κ1) is 20.6. The van der Waals surface area contributed by atoms with E-state index in [1.807, 2.05) is 6.08 Å². The second-order valence-electron chi connectivity index (χ2n) is 10.5. The molecule has 0 unspecified atom stereocenters. The van der Waals surface area contributed by atoms with Crippen molar-refractivity contribution in [3.8, 4) is 0 Å². The third kappa shape index (κ3) is 2.78. The van der Waals surface area contributed by atoms with Crippen molar-refractivity contribution in [3.63, 3.8) is 0 Å². The van der Waals surface area contributed by atoms with Crippen LogP contribution in [0.15, 0.2) is 11.6 Å². The van der Waals surface area contributed by atoms with Crippen LogP contribution in [0.4, 0.5) is 0 Å². The Balaban J connectivity index is 1.67. The average Bonchev–Trinajstić information content (AvgIpc) is 3.02. The summed E-state index contributed by atoms with van der Waals surface area (Å²) in [6.07, 6.45) is 7.67. The molecule has 4 heteroatoms. The van der Waals surface area contributed by atoms with E-state index in [1.54, 1.807) is 0 Å². The van der Waals surface area contributed by atoms with Crippen LogP contribution in [-0.4, -0.2) is 41.4 Å². The summed E-state index contributed by atoms with van der Waals surface area (Å²) in [4.78, 5) is 12.0. The molecule has 0 aliphatic heterocycles. The number of hydrogen-bond donors (Lipinski definition) is 2. The van der Waals surface area contributed by atoms with Gasteiger partial charge in [-0.25, -0.2) is 0 Å². The molecule has 28 heavy (non-hydrogen) atoms. The monoisotopic (exact) mass is 390 g/mol. The van der Waals surface area contributed by atoms with Crippen molar-refractivity contribution in [2.45, 2.75) is 78.4 Å². The SMILES string of the molecule is C[C@@H]1[C@@H](O)[C@H]2[C@@H](CCC3=CC(=O)CC[C@@]32C)[C@@H]2CC[C@H]([C@@H](C)OCCO)[C@@]12C. The summed E-state index contributed by atoms with van der Waals surface area (Å²) in [5.74, 6) is 2.30. The Morgan fingerprint density at radius 3 is 2.71 bits per heavy atom. The topological polar surface area (TPSA) is 66.8 Å². The Kier molecular flexibility index (Phi) is 5.29. The number of hydrogen-bond acceptors (Lipinski definition) is 4. The van der Waals surface area contributed by atoms with Gasteiger partial charge in [-0.3, -0.25) is 4.79 Å². The van der Waals surface area contributed by atoms with Gasteiger partial charge in [0.2, 0.25) is 0 Å². The molecule has 0 aromatic carbocycles. The number of fused-ring (bicyclic) bond motifs is 5. The lowest BCUT2D eigenvalue weighted by Gasteiger charge is -2.62. The molecule has 2 N–H and O–H groups in total. The Bertz CT molecular complexity index is 657. The van der Waals surface area contributed by atoms with Crippen LogP contribution in [0, 0.1) is 40.4 Å². The molecule has 4 nitrogen and oxygen atoms in total. The van der Waals surface area contributed by atoms with E-state index in [4.69, 9.17) is 9.84 Å². The number of ketones is 1. The molecule has 0 aromatic rings. The summed E-state index contributed by atoms with van der Waals surface area (Å²) in [6, 6.07) is 0. The molecule has 4 rings (SSSR count). The first-order chi connectivity index (χ1) is 13.2. The number of aliphatic hydroxyl groups is 2. The van der Waals surface area contributed by atoms with Crippen molar-refractivity contribution in [1.82, 2.24) is 0 Å². The lowest BCUT2D eigenvalue weighted by molar-refractivity contribution is -0.178. The molecule has 4 aliphatic carbocycles. The zero-order valence-electron chi connectivity index (χ0n) is 18.0. The second-order valence-corrected chi connectivity index (χ2v) is 10.5. The number of allylic oxidation sites excluding steroid dienone is 1. The van der Waals surface area contributed by atoms with Crippen LogP contribution in [0.3, 0.4) is 0 Å². The van der Waals surface area contributed by atoms with Crippen LogP contribution >= 0.6 is 0 Å². The molecular formula is C24H38O4.